The Morgan fingerprint density at radius 3 is 2.89 bits per heavy atom. The van der Waals surface area contributed by atoms with Crippen LogP contribution in [0.3, 0.4) is 0 Å². The molecule has 1 aliphatic rings. The number of nitrogens with zero attached hydrogens (tertiary/aromatic N) is 3. The normalized spacial score (nSPS) is 17.2. The summed E-state index contributed by atoms with van der Waals surface area (Å²) in [5.74, 6) is 2.30. The maximum atomic E-state index is 5.82. The fourth-order valence-corrected chi connectivity index (χ4v) is 3.70. The van der Waals surface area contributed by atoms with Crippen LogP contribution in [-0.2, 0) is 0 Å². The second kappa shape index (κ2) is 5.33. The summed E-state index contributed by atoms with van der Waals surface area (Å²) in [6.45, 7) is 4.45. The molecule has 0 spiro atoms. The predicted octanol–water partition coefficient (Wildman–Crippen LogP) is 3.29. The lowest BCUT2D eigenvalue weighted by atomic mass is 9.92. The molecule has 1 aliphatic heterocycles. The molecule has 0 radical (unpaired) electrons. The van der Waals surface area contributed by atoms with Crippen molar-refractivity contribution in [1.29, 1.82) is 0 Å². The first-order valence-corrected chi connectivity index (χ1v) is 7.91. The standard InChI is InChI=1S/C14H20N4S/c1-2-3-10-4-7-18(8-5-10)12-11-6-9-19-13(11)17-14(15)16-12/h6,9-10H,2-5,7-8H2,1H3,(H2,15,16,17). The van der Waals surface area contributed by atoms with Crippen LogP contribution < -0.4 is 10.6 Å². The van der Waals surface area contributed by atoms with Crippen LogP contribution >= 0.6 is 11.3 Å². The molecule has 0 aromatic carbocycles. The van der Waals surface area contributed by atoms with Gasteiger partial charge in [0.05, 0.1) is 5.39 Å². The Balaban J connectivity index is 1.83. The zero-order valence-electron chi connectivity index (χ0n) is 11.3. The largest absolute Gasteiger partial charge is 0.368 e. The summed E-state index contributed by atoms with van der Waals surface area (Å²) in [7, 11) is 0. The minimum atomic E-state index is 0.389. The number of nitrogen functional groups attached to an aromatic ring is 1. The van der Waals surface area contributed by atoms with Gasteiger partial charge in [-0.05, 0) is 30.2 Å². The molecule has 1 fully saturated rings. The van der Waals surface area contributed by atoms with Crippen molar-refractivity contribution < 1.29 is 0 Å². The zero-order valence-corrected chi connectivity index (χ0v) is 12.1. The SMILES string of the molecule is CCCC1CCN(c2nc(N)nc3sccc23)CC1. The molecule has 2 aromatic heterocycles. The van der Waals surface area contributed by atoms with E-state index in [1.165, 1.54) is 25.7 Å². The van der Waals surface area contributed by atoms with Gasteiger partial charge in [-0.25, -0.2) is 4.98 Å². The van der Waals surface area contributed by atoms with Crippen LogP contribution in [0, 0.1) is 5.92 Å². The van der Waals surface area contributed by atoms with Crippen LogP contribution in [0.4, 0.5) is 11.8 Å². The molecular weight excluding hydrogens is 256 g/mol. The summed E-state index contributed by atoms with van der Waals surface area (Å²) in [6.07, 6.45) is 5.18. The lowest BCUT2D eigenvalue weighted by molar-refractivity contribution is 0.378. The van der Waals surface area contributed by atoms with E-state index in [1.54, 1.807) is 11.3 Å². The minimum Gasteiger partial charge on any atom is -0.368 e. The highest BCUT2D eigenvalue weighted by Gasteiger charge is 2.21. The molecule has 0 atom stereocenters. The summed E-state index contributed by atoms with van der Waals surface area (Å²) in [5, 5.41) is 3.21. The molecule has 102 valence electrons. The molecular formula is C14H20N4S. The van der Waals surface area contributed by atoms with Crippen LogP contribution in [0.25, 0.3) is 10.2 Å². The van der Waals surface area contributed by atoms with E-state index in [4.69, 9.17) is 5.73 Å². The second-order valence-electron chi connectivity index (χ2n) is 5.26. The van der Waals surface area contributed by atoms with Gasteiger partial charge in [0.1, 0.15) is 10.6 Å². The Bertz CT molecular complexity index is 558. The van der Waals surface area contributed by atoms with E-state index in [2.05, 4.69) is 33.2 Å². The molecule has 2 aromatic rings. The van der Waals surface area contributed by atoms with Crippen LogP contribution in [0.5, 0.6) is 0 Å². The van der Waals surface area contributed by atoms with Gasteiger partial charge in [-0.1, -0.05) is 19.8 Å². The highest BCUT2D eigenvalue weighted by molar-refractivity contribution is 7.16. The number of piperidine rings is 1. The molecule has 0 saturated carbocycles. The van der Waals surface area contributed by atoms with E-state index in [9.17, 15) is 0 Å². The number of fused-ring (bicyclic) bond motifs is 1. The van der Waals surface area contributed by atoms with Crippen LogP contribution in [-0.4, -0.2) is 23.1 Å². The molecule has 1 saturated heterocycles. The van der Waals surface area contributed by atoms with Gasteiger partial charge in [-0.2, -0.15) is 4.98 Å². The van der Waals surface area contributed by atoms with Crippen molar-refractivity contribution in [3.63, 3.8) is 0 Å². The first-order chi connectivity index (χ1) is 9.28. The van der Waals surface area contributed by atoms with E-state index in [-0.39, 0.29) is 0 Å². The summed E-state index contributed by atoms with van der Waals surface area (Å²) in [6, 6.07) is 2.10. The average Bonchev–Trinajstić information content (AvgIpc) is 2.87. The van der Waals surface area contributed by atoms with Crippen LogP contribution in [0.1, 0.15) is 32.6 Å². The third kappa shape index (κ3) is 2.52. The van der Waals surface area contributed by atoms with Gasteiger partial charge in [0.2, 0.25) is 5.95 Å². The smallest absolute Gasteiger partial charge is 0.223 e. The van der Waals surface area contributed by atoms with E-state index in [0.717, 1.165) is 35.0 Å². The zero-order chi connectivity index (χ0) is 13.2. The van der Waals surface area contributed by atoms with Crippen LogP contribution in [0.2, 0.25) is 0 Å². The van der Waals surface area contributed by atoms with Gasteiger partial charge in [-0.3, -0.25) is 0 Å². The summed E-state index contributed by atoms with van der Waals surface area (Å²) >= 11 is 1.63. The quantitative estimate of drug-likeness (QED) is 0.934. The van der Waals surface area contributed by atoms with Crippen molar-refractivity contribution in [2.24, 2.45) is 5.92 Å². The molecule has 3 heterocycles. The predicted molar refractivity (Wildman–Crippen MR) is 81.7 cm³/mol. The van der Waals surface area contributed by atoms with Crippen molar-refractivity contribution in [1.82, 2.24) is 9.97 Å². The minimum absolute atomic E-state index is 0.389. The van der Waals surface area contributed by atoms with Crippen molar-refractivity contribution in [2.75, 3.05) is 23.7 Å². The summed E-state index contributed by atoms with van der Waals surface area (Å²) in [4.78, 5) is 12.1. The summed E-state index contributed by atoms with van der Waals surface area (Å²) in [5.41, 5.74) is 5.82. The van der Waals surface area contributed by atoms with Crippen molar-refractivity contribution in [3.05, 3.63) is 11.4 Å². The second-order valence-corrected chi connectivity index (χ2v) is 6.16. The molecule has 5 heteroatoms. The van der Waals surface area contributed by atoms with Crippen molar-refractivity contribution >= 4 is 33.3 Å². The molecule has 4 nitrogen and oxygen atoms in total. The fourth-order valence-electron chi connectivity index (χ4n) is 2.94. The van der Waals surface area contributed by atoms with E-state index >= 15 is 0 Å². The van der Waals surface area contributed by atoms with Gasteiger partial charge in [0, 0.05) is 13.1 Å². The Morgan fingerprint density at radius 1 is 1.37 bits per heavy atom. The third-order valence-corrected chi connectivity index (χ3v) is 4.74. The number of rotatable bonds is 3. The van der Waals surface area contributed by atoms with E-state index < -0.39 is 0 Å². The average molecular weight is 276 g/mol. The maximum absolute atomic E-state index is 5.82. The number of aromatic nitrogens is 2. The monoisotopic (exact) mass is 276 g/mol. The molecule has 0 aliphatic carbocycles. The number of thiophene rings is 1. The molecule has 0 unspecified atom stereocenters. The number of anilines is 2. The number of hydrogen-bond donors (Lipinski definition) is 1. The van der Waals surface area contributed by atoms with E-state index in [0.29, 0.717) is 5.95 Å². The Labute approximate surface area is 117 Å². The fraction of sp³-hybridized carbons (Fsp3) is 0.571. The lowest BCUT2D eigenvalue weighted by Crippen LogP contribution is -2.34. The molecule has 19 heavy (non-hydrogen) atoms. The Hall–Kier alpha value is -1.36. The van der Waals surface area contributed by atoms with Gasteiger partial charge < -0.3 is 10.6 Å². The van der Waals surface area contributed by atoms with Gasteiger partial charge in [0.15, 0.2) is 0 Å². The van der Waals surface area contributed by atoms with Gasteiger partial charge in [-0.15, -0.1) is 11.3 Å². The first kappa shape index (κ1) is 12.7. The van der Waals surface area contributed by atoms with Crippen molar-refractivity contribution in [2.45, 2.75) is 32.6 Å². The Morgan fingerprint density at radius 2 is 2.16 bits per heavy atom. The lowest BCUT2D eigenvalue weighted by Gasteiger charge is -2.33. The van der Waals surface area contributed by atoms with Gasteiger partial charge >= 0.3 is 0 Å². The highest BCUT2D eigenvalue weighted by atomic mass is 32.1. The van der Waals surface area contributed by atoms with Crippen LogP contribution in [0.15, 0.2) is 11.4 Å². The van der Waals surface area contributed by atoms with Gasteiger partial charge in [0.25, 0.3) is 0 Å². The maximum Gasteiger partial charge on any atom is 0.223 e. The topological polar surface area (TPSA) is 55.0 Å². The summed E-state index contributed by atoms with van der Waals surface area (Å²) < 4.78 is 0. The molecule has 2 N–H and O–H groups in total. The first-order valence-electron chi connectivity index (χ1n) is 7.03. The number of nitrogens with two attached hydrogens (primary N) is 1. The highest BCUT2D eigenvalue weighted by Crippen LogP contribution is 2.31. The molecule has 0 amide bonds. The Kier molecular flexibility index (Phi) is 3.55. The molecule has 3 rings (SSSR count). The third-order valence-electron chi connectivity index (χ3n) is 3.93. The van der Waals surface area contributed by atoms with Crippen molar-refractivity contribution in [3.8, 4) is 0 Å². The van der Waals surface area contributed by atoms with E-state index in [1.807, 2.05) is 0 Å². The number of hydrogen-bond acceptors (Lipinski definition) is 5. The molecule has 0 bridgehead atoms.